The Hall–Kier alpha value is -2.27. The molecule has 2 aromatic heterocycles. The normalized spacial score (nSPS) is 10.8. The smallest absolute Gasteiger partial charge is 0.212 e. The standard InChI is InChI=1S/C15H13NO3S/c1-2-18-10-5-3-9(4-6-10)12-13(17)14-11(7-8-20-14)19-15(12)16/h3-8H,2,16H2,1H3. The summed E-state index contributed by atoms with van der Waals surface area (Å²) in [7, 11) is 0. The van der Waals surface area contributed by atoms with Crippen LogP contribution >= 0.6 is 11.3 Å². The molecule has 0 radical (unpaired) electrons. The van der Waals surface area contributed by atoms with Crippen molar-refractivity contribution in [3.63, 3.8) is 0 Å². The van der Waals surface area contributed by atoms with E-state index >= 15 is 0 Å². The SMILES string of the molecule is CCOc1ccc(-c2c(N)oc3ccsc3c2=O)cc1. The molecule has 3 rings (SSSR count). The fourth-order valence-corrected chi connectivity index (χ4v) is 2.86. The number of hydrogen-bond acceptors (Lipinski definition) is 5. The Kier molecular flexibility index (Phi) is 3.20. The minimum Gasteiger partial charge on any atom is -0.494 e. The van der Waals surface area contributed by atoms with Gasteiger partial charge in [-0.05, 0) is 36.1 Å². The fraction of sp³-hybridized carbons (Fsp3) is 0.133. The summed E-state index contributed by atoms with van der Waals surface area (Å²) >= 11 is 1.36. The van der Waals surface area contributed by atoms with Gasteiger partial charge < -0.3 is 14.9 Å². The van der Waals surface area contributed by atoms with Gasteiger partial charge in [0, 0.05) is 0 Å². The van der Waals surface area contributed by atoms with Gasteiger partial charge >= 0.3 is 0 Å². The lowest BCUT2D eigenvalue weighted by Crippen LogP contribution is -2.07. The van der Waals surface area contributed by atoms with Crippen LogP contribution in [0.3, 0.4) is 0 Å². The summed E-state index contributed by atoms with van der Waals surface area (Å²) < 4.78 is 11.5. The van der Waals surface area contributed by atoms with Crippen molar-refractivity contribution >= 4 is 27.5 Å². The quantitative estimate of drug-likeness (QED) is 0.800. The minimum atomic E-state index is -0.0945. The number of hydrogen-bond donors (Lipinski definition) is 1. The lowest BCUT2D eigenvalue weighted by Gasteiger charge is -2.06. The van der Waals surface area contributed by atoms with E-state index in [-0.39, 0.29) is 11.3 Å². The molecule has 3 aromatic rings. The third-order valence-corrected chi connectivity index (χ3v) is 3.88. The molecule has 0 fully saturated rings. The van der Waals surface area contributed by atoms with Gasteiger partial charge in [-0.2, -0.15) is 0 Å². The number of thiophene rings is 1. The van der Waals surface area contributed by atoms with Crippen LogP contribution in [-0.2, 0) is 0 Å². The Balaban J connectivity index is 2.16. The molecule has 2 heterocycles. The van der Waals surface area contributed by atoms with Gasteiger partial charge in [0.2, 0.25) is 11.3 Å². The molecular weight excluding hydrogens is 274 g/mol. The molecule has 0 aliphatic carbocycles. The molecule has 5 heteroatoms. The predicted molar refractivity (Wildman–Crippen MR) is 81.4 cm³/mol. The number of fused-ring (bicyclic) bond motifs is 1. The molecule has 102 valence electrons. The second-order valence-electron chi connectivity index (χ2n) is 4.24. The maximum absolute atomic E-state index is 12.5. The van der Waals surface area contributed by atoms with E-state index < -0.39 is 0 Å². The van der Waals surface area contributed by atoms with Gasteiger partial charge in [0.15, 0.2) is 5.58 Å². The number of nitrogen functional groups attached to an aromatic ring is 1. The molecule has 0 saturated heterocycles. The van der Waals surface area contributed by atoms with Gasteiger partial charge in [-0.25, -0.2) is 0 Å². The van der Waals surface area contributed by atoms with Crippen LogP contribution < -0.4 is 15.9 Å². The molecule has 0 atom stereocenters. The lowest BCUT2D eigenvalue weighted by molar-refractivity contribution is 0.340. The molecule has 20 heavy (non-hydrogen) atoms. The number of benzene rings is 1. The number of nitrogens with two attached hydrogens (primary N) is 1. The molecule has 0 bridgehead atoms. The molecule has 0 unspecified atom stereocenters. The maximum Gasteiger partial charge on any atom is 0.212 e. The first-order valence-corrected chi connectivity index (χ1v) is 7.11. The Labute approximate surface area is 119 Å². The summed E-state index contributed by atoms with van der Waals surface area (Å²) in [6, 6.07) is 9.01. The van der Waals surface area contributed by atoms with Crippen molar-refractivity contribution in [1.29, 1.82) is 0 Å². The van der Waals surface area contributed by atoms with Crippen molar-refractivity contribution < 1.29 is 9.15 Å². The van der Waals surface area contributed by atoms with Crippen molar-refractivity contribution in [2.24, 2.45) is 0 Å². The van der Waals surface area contributed by atoms with Gasteiger partial charge in [-0.15, -0.1) is 11.3 Å². The Morgan fingerprint density at radius 1 is 1.25 bits per heavy atom. The summed E-state index contributed by atoms with van der Waals surface area (Å²) in [6.45, 7) is 2.52. The molecule has 0 saturated carbocycles. The average Bonchev–Trinajstić information content (AvgIpc) is 2.89. The van der Waals surface area contributed by atoms with E-state index in [2.05, 4.69) is 0 Å². The van der Waals surface area contributed by atoms with Gasteiger partial charge in [0.25, 0.3) is 0 Å². The van der Waals surface area contributed by atoms with Gasteiger partial charge in [-0.3, -0.25) is 4.79 Å². The van der Waals surface area contributed by atoms with Crippen LogP contribution in [0.5, 0.6) is 5.75 Å². The first-order chi connectivity index (χ1) is 9.70. The molecule has 4 nitrogen and oxygen atoms in total. The van der Waals surface area contributed by atoms with Gasteiger partial charge in [-0.1, -0.05) is 12.1 Å². The zero-order valence-electron chi connectivity index (χ0n) is 10.9. The second-order valence-corrected chi connectivity index (χ2v) is 5.16. The monoisotopic (exact) mass is 287 g/mol. The summed E-state index contributed by atoms with van der Waals surface area (Å²) in [6.07, 6.45) is 0. The van der Waals surface area contributed by atoms with Crippen molar-refractivity contribution in [3.05, 3.63) is 45.9 Å². The van der Waals surface area contributed by atoms with Crippen LogP contribution in [0, 0.1) is 0 Å². The van der Waals surface area contributed by atoms with E-state index in [1.165, 1.54) is 11.3 Å². The highest BCUT2D eigenvalue weighted by atomic mass is 32.1. The van der Waals surface area contributed by atoms with E-state index in [0.717, 1.165) is 11.3 Å². The van der Waals surface area contributed by atoms with Crippen LogP contribution in [0.2, 0.25) is 0 Å². The summed E-state index contributed by atoms with van der Waals surface area (Å²) in [4.78, 5) is 12.5. The number of rotatable bonds is 3. The van der Waals surface area contributed by atoms with E-state index in [4.69, 9.17) is 14.9 Å². The Morgan fingerprint density at radius 2 is 2.00 bits per heavy atom. The average molecular weight is 287 g/mol. The molecule has 0 aliphatic heterocycles. The van der Waals surface area contributed by atoms with E-state index in [1.807, 2.05) is 36.6 Å². The molecule has 2 N–H and O–H groups in total. The number of anilines is 1. The van der Waals surface area contributed by atoms with Crippen LogP contribution in [0.1, 0.15) is 6.92 Å². The Bertz CT molecular complexity index is 802. The first kappa shape index (κ1) is 12.7. The van der Waals surface area contributed by atoms with E-state index in [9.17, 15) is 4.79 Å². The molecular formula is C15H13NO3S. The molecule has 0 amide bonds. The van der Waals surface area contributed by atoms with Crippen molar-refractivity contribution in [2.75, 3.05) is 12.3 Å². The van der Waals surface area contributed by atoms with Crippen molar-refractivity contribution in [2.45, 2.75) is 6.92 Å². The highest BCUT2D eigenvalue weighted by Gasteiger charge is 2.15. The van der Waals surface area contributed by atoms with Crippen LogP contribution in [0.4, 0.5) is 5.88 Å². The van der Waals surface area contributed by atoms with Crippen LogP contribution in [0.25, 0.3) is 21.4 Å². The predicted octanol–water partition coefficient (Wildman–Crippen LogP) is 3.50. The molecule has 0 aliphatic rings. The third-order valence-electron chi connectivity index (χ3n) is 2.98. The van der Waals surface area contributed by atoms with Crippen molar-refractivity contribution in [1.82, 2.24) is 0 Å². The minimum absolute atomic E-state index is 0.0945. The van der Waals surface area contributed by atoms with E-state index in [0.29, 0.717) is 22.5 Å². The maximum atomic E-state index is 12.5. The van der Waals surface area contributed by atoms with E-state index in [1.54, 1.807) is 6.07 Å². The third kappa shape index (κ3) is 2.06. The summed E-state index contributed by atoms with van der Waals surface area (Å²) in [5, 5.41) is 1.82. The zero-order valence-corrected chi connectivity index (χ0v) is 11.7. The molecule has 1 aromatic carbocycles. The summed E-state index contributed by atoms with van der Waals surface area (Å²) in [5.41, 5.74) is 7.46. The highest BCUT2D eigenvalue weighted by molar-refractivity contribution is 7.17. The highest BCUT2D eigenvalue weighted by Crippen LogP contribution is 2.29. The number of ether oxygens (including phenoxy) is 1. The largest absolute Gasteiger partial charge is 0.494 e. The molecule has 0 spiro atoms. The van der Waals surface area contributed by atoms with Gasteiger partial charge in [0.05, 0.1) is 12.2 Å². The second kappa shape index (κ2) is 5.02. The first-order valence-electron chi connectivity index (χ1n) is 6.23. The zero-order chi connectivity index (χ0) is 14.1. The fourth-order valence-electron chi connectivity index (χ4n) is 2.10. The van der Waals surface area contributed by atoms with Crippen LogP contribution in [-0.4, -0.2) is 6.61 Å². The van der Waals surface area contributed by atoms with Gasteiger partial charge in [0.1, 0.15) is 10.4 Å². The Morgan fingerprint density at radius 3 is 2.70 bits per heavy atom. The lowest BCUT2D eigenvalue weighted by atomic mass is 10.1. The topological polar surface area (TPSA) is 65.5 Å². The van der Waals surface area contributed by atoms with Crippen molar-refractivity contribution in [3.8, 4) is 16.9 Å². The van der Waals surface area contributed by atoms with Crippen LogP contribution in [0.15, 0.2) is 44.9 Å². The summed E-state index contributed by atoms with van der Waals surface area (Å²) in [5.74, 6) is 0.904.